The Bertz CT molecular complexity index is 516. The lowest BCUT2D eigenvalue weighted by atomic mass is 10.1. The molecule has 3 nitrogen and oxygen atoms in total. The Morgan fingerprint density at radius 2 is 1.95 bits per heavy atom. The second kappa shape index (κ2) is 6.17. The first kappa shape index (κ1) is 14.0. The van der Waals surface area contributed by atoms with Crippen molar-refractivity contribution in [2.24, 2.45) is 0 Å². The second-order valence-corrected chi connectivity index (χ2v) is 6.01. The predicted octanol–water partition coefficient (Wildman–Crippen LogP) is 3.37. The van der Waals surface area contributed by atoms with Crippen LogP contribution in [0.3, 0.4) is 0 Å². The van der Waals surface area contributed by atoms with Crippen molar-refractivity contribution in [1.29, 1.82) is 0 Å². The molecule has 1 atom stereocenters. The number of rotatable bonds is 5. The highest BCUT2D eigenvalue weighted by atomic mass is 32.1. The van der Waals surface area contributed by atoms with Crippen LogP contribution in [0.25, 0.3) is 0 Å². The van der Waals surface area contributed by atoms with E-state index in [4.69, 9.17) is 0 Å². The first-order valence-corrected chi connectivity index (χ1v) is 7.36. The summed E-state index contributed by atoms with van der Waals surface area (Å²) in [6, 6.07) is 9.00. The monoisotopic (exact) mass is 275 g/mol. The van der Waals surface area contributed by atoms with Gasteiger partial charge in [-0.3, -0.25) is 0 Å². The van der Waals surface area contributed by atoms with Gasteiger partial charge in [0.15, 0.2) is 0 Å². The third kappa shape index (κ3) is 3.78. The number of aryl methyl sites for hydroxylation is 1. The summed E-state index contributed by atoms with van der Waals surface area (Å²) in [5.74, 6) is 0. The highest BCUT2D eigenvalue weighted by Crippen LogP contribution is 2.18. The summed E-state index contributed by atoms with van der Waals surface area (Å²) in [6.45, 7) is 5.04. The van der Waals surface area contributed by atoms with E-state index < -0.39 is 0 Å². The summed E-state index contributed by atoms with van der Waals surface area (Å²) >= 11 is 1.70. The maximum absolute atomic E-state index is 4.46. The smallest absolute Gasteiger partial charge is 0.0897 e. The Labute approximate surface area is 119 Å². The van der Waals surface area contributed by atoms with E-state index in [1.54, 1.807) is 11.3 Å². The van der Waals surface area contributed by atoms with E-state index in [2.05, 4.69) is 65.9 Å². The van der Waals surface area contributed by atoms with E-state index in [0.29, 0.717) is 6.04 Å². The van der Waals surface area contributed by atoms with Gasteiger partial charge in [0, 0.05) is 37.7 Å². The molecule has 0 amide bonds. The van der Waals surface area contributed by atoms with Crippen LogP contribution < -0.4 is 10.2 Å². The molecule has 0 saturated carbocycles. The highest BCUT2D eigenvalue weighted by Gasteiger charge is 2.06. The SMILES string of the molecule is Cc1nc(CNC(C)c2ccc(N(C)C)cc2)cs1. The minimum Gasteiger partial charge on any atom is -0.378 e. The second-order valence-electron chi connectivity index (χ2n) is 4.95. The van der Waals surface area contributed by atoms with E-state index in [9.17, 15) is 0 Å². The van der Waals surface area contributed by atoms with Crippen molar-refractivity contribution in [2.45, 2.75) is 26.4 Å². The van der Waals surface area contributed by atoms with Gasteiger partial charge in [-0.2, -0.15) is 0 Å². The van der Waals surface area contributed by atoms with Gasteiger partial charge in [0.2, 0.25) is 0 Å². The number of benzene rings is 1. The molecule has 1 aromatic carbocycles. The van der Waals surface area contributed by atoms with Crippen molar-refractivity contribution in [2.75, 3.05) is 19.0 Å². The summed E-state index contributed by atoms with van der Waals surface area (Å²) in [5.41, 5.74) is 3.66. The van der Waals surface area contributed by atoms with Crippen molar-refractivity contribution >= 4 is 17.0 Å². The normalized spacial score (nSPS) is 12.4. The highest BCUT2D eigenvalue weighted by molar-refractivity contribution is 7.09. The van der Waals surface area contributed by atoms with Crippen LogP contribution in [0, 0.1) is 6.92 Å². The molecule has 19 heavy (non-hydrogen) atoms. The Balaban J connectivity index is 1.94. The quantitative estimate of drug-likeness (QED) is 0.907. The fourth-order valence-electron chi connectivity index (χ4n) is 1.93. The lowest BCUT2D eigenvalue weighted by Crippen LogP contribution is -2.18. The van der Waals surface area contributed by atoms with Crippen LogP contribution in [0.2, 0.25) is 0 Å². The minimum atomic E-state index is 0.332. The Kier molecular flexibility index (Phi) is 4.56. The summed E-state index contributed by atoms with van der Waals surface area (Å²) in [7, 11) is 4.11. The molecule has 0 aliphatic rings. The molecule has 1 heterocycles. The van der Waals surface area contributed by atoms with Gasteiger partial charge in [0.1, 0.15) is 0 Å². The van der Waals surface area contributed by atoms with Crippen molar-refractivity contribution in [3.8, 4) is 0 Å². The molecule has 0 radical (unpaired) electrons. The number of thiazole rings is 1. The molecule has 0 bridgehead atoms. The molecule has 2 aromatic rings. The van der Waals surface area contributed by atoms with Crippen molar-refractivity contribution in [1.82, 2.24) is 10.3 Å². The largest absolute Gasteiger partial charge is 0.378 e. The lowest BCUT2D eigenvalue weighted by molar-refractivity contribution is 0.569. The number of hydrogen-bond donors (Lipinski definition) is 1. The first-order valence-electron chi connectivity index (χ1n) is 6.48. The maximum atomic E-state index is 4.46. The van der Waals surface area contributed by atoms with Gasteiger partial charge in [-0.05, 0) is 31.5 Å². The van der Waals surface area contributed by atoms with Gasteiger partial charge in [-0.1, -0.05) is 12.1 Å². The van der Waals surface area contributed by atoms with Gasteiger partial charge in [-0.25, -0.2) is 4.98 Å². The van der Waals surface area contributed by atoms with Crippen LogP contribution in [0.4, 0.5) is 5.69 Å². The molecule has 0 aliphatic carbocycles. The van der Waals surface area contributed by atoms with E-state index >= 15 is 0 Å². The van der Waals surface area contributed by atoms with Crippen LogP contribution >= 0.6 is 11.3 Å². The van der Waals surface area contributed by atoms with E-state index in [-0.39, 0.29) is 0 Å². The van der Waals surface area contributed by atoms with E-state index in [1.807, 2.05) is 6.92 Å². The molecule has 1 N–H and O–H groups in total. The topological polar surface area (TPSA) is 28.2 Å². The third-order valence-electron chi connectivity index (χ3n) is 3.17. The molecule has 0 spiro atoms. The molecular formula is C15H21N3S. The fourth-order valence-corrected chi connectivity index (χ4v) is 2.54. The summed E-state index contributed by atoms with van der Waals surface area (Å²) in [4.78, 5) is 6.57. The number of anilines is 1. The van der Waals surface area contributed by atoms with Crippen LogP contribution in [0.15, 0.2) is 29.6 Å². The predicted molar refractivity (Wildman–Crippen MR) is 82.9 cm³/mol. The molecular weight excluding hydrogens is 254 g/mol. The number of aromatic nitrogens is 1. The Morgan fingerprint density at radius 1 is 1.26 bits per heavy atom. The molecule has 4 heteroatoms. The lowest BCUT2D eigenvalue weighted by Gasteiger charge is -2.16. The summed E-state index contributed by atoms with van der Waals surface area (Å²) in [6.07, 6.45) is 0. The molecule has 2 rings (SSSR count). The zero-order valence-corrected chi connectivity index (χ0v) is 12.8. The standard InChI is InChI=1S/C15H21N3S/c1-11(16-9-14-10-19-12(2)17-14)13-5-7-15(8-6-13)18(3)4/h5-8,10-11,16H,9H2,1-4H3. The average Bonchev–Trinajstić information content (AvgIpc) is 2.82. The van der Waals surface area contributed by atoms with Gasteiger partial charge >= 0.3 is 0 Å². The number of hydrogen-bond acceptors (Lipinski definition) is 4. The number of nitrogens with one attached hydrogen (secondary N) is 1. The molecule has 1 aromatic heterocycles. The maximum Gasteiger partial charge on any atom is 0.0897 e. The molecule has 0 fully saturated rings. The summed E-state index contributed by atoms with van der Waals surface area (Å²) < 4.78 is 0. The van der Waals surface area contributed by atoms with Gasteiger partial charge < -0.3 is 10.2 Å². The minimum absolute atomic E-state index is 0.332. The number of nitrogens with zero attached hydrogens (tertiary/aromatic N) is 2. The molecule has 0 saturated heterocycles. The van der Waals surface area contributed by atoms with Crippen LogP contribution in [0.5, 0.6) is 0 Å². The fraction of sp³-hybridized carbons (Fsp3) is 0.400. The van der Waals surface area contributed by atoms with Gasteiger partial charge in [0.25, 0.3) is 0 Å². The van der Waals surface area contributed by atoms with Crippen molar-refractivity contribution < 1.29 is 0 Å². The molecule has 0 aliphatic heterocycles. The van der Waals surface area contributed by atoms with Gasteiger partial charge in [-0.15, -0.1) is 11.3 Å². The van der Waals surface area contributed by atoms with Crippen molar-refractivity contribution in [3.63, 3.8) is 0 Å². The first-order chi connectivity index (χ1) is 9.06. The van der Waals surface area contributed by atoms with Crippen LogP contribution in [-0.4, -0.2) is 19.1 Å². The molecule has 1 unspecified atom stereocenters. The zero-order valence-electron chi connectivity index (χ0n) is 12.0. The van der Waals surface area contributed by atoms with Crippen LogP contribution in [-0.2, 0) is 6.54 Å². The Hall–Kier alpha value is -1.39. The zero-order chi connectivity index (χ0) is 13.8. The van der Waals surface area contributed by atoms with Crippen LogP contribution in [0.1, 0.15) is 29.2 Å². The molecule has 102 valence electrons. The summed E-state index contributed by atoms with van der Waals surface area (Å²) in [5, 5.41) is 6.75. The van der Waals surface area contributed by atoms with Gasteiger partial charge in [0.05, 0.1) is 10.7 Å². The van der Waals surface area contributed by atoms with E-state index in [1.165, 1.54) is 11.3 Å². The average molecular weight is 275 g/mol. The van der Waals surface area contributed by atoms with Crippen molar-refractivity contribution in [3.05, 3.63) is 45.9 Å². The van der Waals surface area contributed by atoms with E-state index in [0.717, 1.165) is 17.2 Å². The third-order valence-corrected chi connectivity index (χ3v) is 3.99. The Morgan fingerprint density at radius 3 is 2.47 bits per heavy atom.